The number of rotatable bonds is 3. The van der Waals surface area contributed by atoms with Crippen LogP contribution in [0.1, 0.15) is 48.5 Å². The monoisotopic (exact) mass is 247 g/mol. The first-order valence-electron chi connectivity index (χ1n) is 6.74. The van der Waals surface area contributed by atoms with Crippen molar-refractivity contribution in [1.82, 2.24) is 0 Å². The molecule has 0 spiro atoms. The fourth-order valence-electron chi connectivity index (χ4n) is 2.81. The molecule has 2 rings (SSSR count). The molecule has 1 aromatic carbocycles. The number of nitrogens with zero attached hydrogens (tertiary/aromatic N) is 1. The molecule has 1 atom stereocenters. The number of hydrogen-bond donors (Lipinski definition) is 1. The van der Waals surface area contributed by atoms with E-state index >= 15 is 0 Å². The van der Waals surface area contributed by atoms with Gasteiger partial charge in [-0.25, -0.2) is 4.79 Å². The number of carbonyl (C=O) groups is 1. The molecule has 98 valence electrons. The van der Waals surface area contributed by atoms with Gasteiger partial charge in [0.2, 0.25) is 0 Å². The molecule has 3 heteroatoms. The van der Waals surface area contributed by atoms with Gasteiger partial charge in [-0.2, -0.15) is 0 Å². The maximum atomic E-state index is 11.4. The third kappa shape index (κ3) is 2.50. The number of piperidine rings is 1. The molecule has 3 nitrogen and oxygen atoms in total. The lowest BCUT2D eigenvalue weighted by atomic mass is 9.97. The molecule has 18 heavy (non-hydrogen) atoms. The summed E-state index contributed by atoms with van der Waals surface area (Å²) in [5, 5.41) is 9.35. The maximum Gasteiger partial charge on any atom is 0.337 e. The van der Waals surface area contributed by atoms with Crippen LogP contribution >= 0.6 is 0 Å². The molecule has 1 fully saturated rings. The SMILES string of the molecule is CCC1CCCCN1c1ccc(C)cc1C(=O)O. The van der Waals surface area contributed by atoms with Crippen molar-refractivity contribution >= 4 is 11.7 Å². The van der Waals surface area contributed by atoms with E-state index in [0.29, 0.717) is 11.6 Å². The summed E-state index contributed by atoms with van der Waals surface area (Å²) in [6.45, 7) is 5.09. The topological polar surface area (TPSA) is 40.5 Å². The van der Waals surface area contributed by atoms with E-state index in [0.717, 1.165) is 30.6 Å². The summed E-state index contributed by atoms with van der Waals surface area (Å²) >= 11 is 0. The van der Waals surface area contributed by atoms with Crippen molar-refractivity contribution in [2.75, 3.05) is 11.4 Å². The number of hydrogen-bond acceptors (Lipinski definition) is 2. The Kier molecular flexibility index (Phi) is 3.90. The lowest BCUT2D eigenvalue weighted by Crippen LogP contribution is -2.40. The normalized spacial score (nSPS) is 19.9. The molecule has 1 N–H and O–H groups in total. The van der Waals surface area contributed by atoms with Crippen LogP contribution in [-0.4, -0.2) is 23.7 Å². The number of aryl methyl sites for hydroxylation is 1. The number of carboxylic acid groups (broad SMARTS) is 1. The molecule has 0 amide bonds. The molecule has 0 aromatic heterocycles. The molecule has 0 aliphatic carbocycles. The average molecular weight is 247 g/mol. The quantitative estimate of drug-likeness (QED) is 0.889. The predicted molar refractivity (Wildman–Crippen MR) is 73.4 cm³/mol. The first-order valence-corrected chi connectivity index (χ1v) is 6.74. The molecule has 1 aliphatic heterocycles. The van der Waals surface area contributed by atoms with Gasteiger partial charge in [0.25, 0.3) is 0 Å². The highest BCUT2D eigenvalue weighted by Crippen LogP contribution is 2.30. The molecular weight excluding hydrogens is 226 g/mol. The summed E-state index contributed by atoms with van der Waals surface area (Å²) in [6.07, 6.45) is 4.66. The van der Waals surface area contributed by atoms with E-state index in [-0.39, 0.29) is 0 Å². The summed E-state index contributed by atoms with van der Waals surface area (Å²) in [7, 11) is 0. The Labute approximate surface area is 108 Å². The second-order valence-corrected chi connectivity index (χ2v) is 5.08. The van der Waals surface area contributed by atoms with Crippen molar-refractivity contribution in [2.24, 2.45) is 0 Å². The minimum Gasteiger partial charge on any atom is -0.478 e. The zero-order chi connectivity index (χ0) is 13.1. The number of anilines is 1. The number of benzene rings is 1. The Morgan fingerprint density at radius 1 is 1.44 bits per heavy atom. The van der Waals surface area contributed by atoms with E-state index in [1.54, 1.807) is 6.07 Å². The minimum absolute atomic E-state index is 0.440. The molecule has 1 aromatic rings. The van der Waals surface area contributed by atoms with E-state index in [9.17, 15) is 9.90 Å². The Morgan fingerprint density at radius 2 is 2.22 bits per heavy atom. The van der Waals surface area contributed by atoms with Crippen molar-refractivity contribution in [2.45, 2.75) is 45.6 Å². The third-order valence-corrected chi connectivity index (χ3v) is 3.79. The van der Waals surface area contributed by atoms with Gasteiger partial charge in [0, 0.05) is 12.6 Å². The zero-order valence-corrected chi connectivity index (χ0v) is 11.1. The van der Waals surface area contributed by atoms with E-state index < -0.39 is 5.97 Å². The van der Waals surface area contributed by atoms with Crippen LogP contribution in [0.5, 0.6) is 0 Å². The predicted octanol–water partition coefficient (Wildman–Crippen LogP) is 3.46. The second kappa shape index (κ2) is 5.42. The Bertz CT molecular complexity index is 442. The van der Waals surface area contributed by atoms with Crippen molar-refractivity contribution in [3.8, 4) is 0 Å². The van der Waals surface area contributed by atoms with E-state index in [4.69, 9.17) is 0 Å². The third-order valence-electron chi connectivity index (χ3n) is 3.79. The van der Waals surface area contributed by atoms with Crippen LogP contribution in [0.15, 0.2) is 18.2 Å². The molecule has 1 aliphatic rings. The van der Waals surface area contributed by atoms with Gasteiger partial charge < -0.3 is 10.0 Å². The highest BCUT2D eigenvalue weighted by Gasteiger charge is 2.24. The summed E-state index contributed by atoms with van der Waals surface area (Å²) in [4.78, 5) is 13.7. The standard InChI is InChI=1S/C15H21NO2/c1-3-12-6-4-5-9-16(12)14-8-7-11(2)10-13(14)15(17)18/h7-8,10,12H,3-6,9H2,1-2H3,(H,17,18). The van der Waals surface area contributed by atoms with Crippen LogP contribution in [0.2, 0.25) is 0 Å². The highest BCUT2D eigenvalue weighted by molar-refractivity contribution is 5.94. The van der Waals surface area contributed by atoms with Gasteiger partial charge >= 0.3 is 5.97 Å². The van der Waals surface area contributed by atoms with Crippen molar-refractivity contribution in [3.05, 3.63) is 29.3 Å². The highest BCUT2D eigenvalue weighted by atomic mass is 16.4. The van der Waals surface area contributed by atoms with Crippen LogP contribution < -0.4 is 4.90 Å². The van der Waals surface area contributed by atoms with Crippen LogP contribution in [0, 0.1) is 6.92 Å². The van der Waals surface area contributed by atoms with Crippen LogP contribution in [0.4, 0.5) is 5.69 Å². The first kappa shape index (κ1) is 12.9. The minimum atomic E-state index is -0.825. The molecular formula is C15H21NO2. The van der Waals surface area contributed by atoms with Crippen LogP contribution in [-0.2, 0) is 0 Å². The second-order valence-electron chi connectivity index (χ2n) is 5.08. The van der Waals surface area contributed by atoms with Gasteiger partial charge in [-0.05, 0) is 44.7 Å². The Balaban J connectivity index is 2.39. The summed E-state index contributed by atoms with van der Waals surface area (Å²) in [6, 6.07) is 6.23. The Hall–Kier alpha value is -1.51. The van der Waals surface area contributed by atoms with Gasteiger partial charge in [-0.1, -0.05) is 18.6 Å². The first-order chi connectivity index (χ1) is 8.63. The number of carboxylic acids is 1. The molecule has 0 bridgehead atoms. The smallest absolute Gasteiger partial charge is 0.337 e. The molecule has 1 unspecified atom stereocenters. The fraction of sp³-hybridized carbons (Fsp3) is 0.533. The molecule has 1 saturated heterocycles. The van der Waals surface area contributed by atoms with Gasteiger partial charge in [-0.15, -0.1) is 0 Å². The van der Waals surface area contributed by atoms with E-state index in [1.807, 2.05) is 19.1 Å². The lowest BCUT2D eigenvalue weighted by molar-refractivity contribution is 0.0697. The summed E-state index contributed by atoms with van der Waals surface area (Å²) in [5.41, 5.74) is 2.33. The van der Waals surface area contributed by atoms with Gasteiger partial charge in [0.1, 0.15) is 0 Å². The summed E-state index contributed by atoms with van der Waals surface area (Å²) < 4.78 is 0. The molecule has 0 radical (unpaired) electrons. The van der Waals surface area contributed by atoms with Crippen molar-refractivity contribution < 1.29 is 9.90 Å². The molecule has 1 heterocycles. The largest absolute Gasteiger partial charge is 0.478 e. The fourth-order valence-corrected chi connectivity index (χ4v) is 2.81. The summed E-state index contributed by atoms with van der Waals surface area (Å²) in [5.74, 6) is -0.825. The van der Waals surface area contributed by atoms with Gasteiger partial charge in [0.15, 0.2) is 0 Å². The lowest BCUT2D eigenvalue weighted by Gasteiger charge is -2.38. The van der Waals surface area contributed by atoms with Crippen molar-refractivity contribution in [3.63, 3.8) is 0 Å². The van der Waals surface area contributed by atoms with E-state index in [2.05, 4.69) is 11.8 Å². The zero-order valence-electron chi connectivity index (χ0n) is 11.1. The van der Waals surface area contributed by atoms with Crippen LogP contribution in [0.3, 0.4) is 0 Å². The Morgan fingerprint density at radius 3 is 2.89 bits per heavy atom. The van der Waals surface area contributed by atoms with Crippen LogP contribution in [0.25, 0.3) is 0 Å². The molecule has 0 saturated carbocycles. The maximum absolute atomic E-state index is 11.4. The van der Waals surface area contributed by atoms with Crippen molar-refractivity contribution in [1.29, 1.82) is 0 Å². The van der Waals surface area contributed by atoms with Gasteiger partial charge in [-0.3, -0.25) is 0 Å². The average Bonchev–Trinajstić information content (AvgIpc) is 2.38. The van der Waals surface area contributed by atoms with E-state index in [1.165, 1.54) is 12.8 Å². The van der Waals surface area contributed by atoms with Gasteiger partial charge in [0.05, 0.1) is 11.3 Å². The number of aromatic carboxylic acids is 1.